The Morgan fingerprint density at radius 3 is 2.50 bits per heavy atom. The van der Waals surface area contributed by atoms with Crippen molar-refractivity contribution in [1.29, 1.82) is 0 Å². The number of amides is 1. The number of non-ortho nitro benzene ring substituents is 1. The molecule has 0 saturated carbocycles. The molecular weight excluding hydrogens is 333 g/mol. The van der Waals surface area contributed by atoms with Crippen LogP contribution in [-0.2, 0) is 4.79 Å². The second-order valence-electron chi connectivity index (χ2n) is 5.19. The highest BCUT2D eigenvalue weighted by atomic mass is 79.9. The predicted molar refractivity (Wildman–Crippen MR) is 77.1 cm³/mol. The molecule has 1 rings (SSSR count). The van der Waals surface area contributed by atoms with Crippen molar-refractivity contribution in [1.82, 2.24) is 5.32 Å². The largest absolute Gasteiger partial charge is 0.373 e. The van der Waals surface area contributed by atoms with Crippen molar-refractivity contribution in [3.05, 3.63) is 32.5 Å². The number of nitro benzene ring substituents is 1. The second kappa shape index (κ2) is 6.17. The van der Waals surface area contributed by atoms with Gasteiger partial charge in [-0.25, -0.2) is 4.39 Å². The predicted octanol–water partition coefficient (Wildman–Crippen LogP) is 2.82. The van der Waals surface area contributed by atoms with Crippen molar-refractivity contribution in [2.75, 3.05) is 11.9 Å². The molecule has 0 atom stereocenters. The minimum absolute atomic E-state index is 0.0136. The van der Waals surface area contributed by atoms with Crippen LogP contribution in [0, 0.1) is 15.9 Å². The summed E-state index contributed by atoms with van der Waals surface area (Å²) >= 11 is 3.04. The van der Waals surface area contributed by atoms with Crippen molar-refractivity contribution in [2.45, 2.75) is 26.3 Å². The highest BCUT2D eigenvalue weighted by Gasteiger charge is 2.17. The lowest BCUT2D eigenvalue weighted by Crippen LogP contribution is -2.43. The first-order valence-electron chi connectivity index (χ1n) is 5.78. The Labute approximate surface area is 124 Å². The van der Waals surface area contributed by atoms with E-state index in [1.807, 2.05) is 20.8 Å². The number of carbonyl (C=O) groups excluding carboxylic acids is 1. The maximum absolute atomic E-state index is 13.7. The maximum atomic E-state index is 13.7. The van der Waals surface area contributed by atoms with Crippen LogP contribution in [0.1, 0.15) is 20.8 Å². The minimum atomic E-state index is -0.797. The first-order chi connectivity index (χ1) is 9.10. The Hall–Kier alpha value is -1.70. The Balaban J connectivity index is 2.79. The molecule has 0 unspecified atom stereocenters. The molecule has 0 radical (unpaired) electrons. The van der Waals surface area contributed by atoms with E-state index in [1.165, 1.54) is 6.07 Å². The fourth-order valence-electron chi connectivity index (χ4n) is 1.47. The Bertz CT molecular complexity index is 520. The highest BCUT2D eigenvalue weighted by Crippen LogP contribution is 2.30. The number of nitrogens with zero attached hydrogens (tertiary/aromatic N) is 1. The average molecular weight is 348 g/mol. The van der Waals surface area contributed by atoms with Gasteiger partial charge in [-0.05, 0) is 36.7 Å². The van der Waals surface area contributed by atoms with Gasteiger partial charge in [0.25, 0.3) is 5.69 Å². The van der Waals surface area contributed by atoms with Crippen molar-refractivity contribution >= 4 is 33.2 Å². The lowest BCUT2D eigenvalue weighted by atomic mass is 10.1. The first-order valence-corrected chi connectivity index (χ1v) is 6.58. The molecular formula is C12H15BrFN3O3. The van der Waals surface area contributed by atoms with Crippen LogP contribution in [0.3, 0.4) is 0 Å². The standard InChI is InChI=1S/C12H15BrFN3O3/c1-12(2,3)16-10(18)6-15-11-8(13)4-7(17(19)20)5-9(11)14/h4-5,15H,6H2,1-3H3,(H,16,18). The lowest BCUT2D eigenvalue weighted by molar-refractivity contribution is -0.385. The molecule has 8 heteroatoms. The smallest absolute Gasteiger partial charge is 0.273 e. The number of rotatable bonds is 4. The van der Waals surface area contributed by atoms with Gasteiger partial charge in [0, 0.05) is 11.6 Å². The second-order valence-corrected chi connectivity index (χ2v) is 6.05. The van der Waals surface area contributed by atoms with Gasteiger partial charge in [-0.15, -0.1) is 0 Å². The number of anilines is 1. The molecule has 6 nitrogen and oxygen atoms in total. The quantitative estimate of drug-likeness (QED) is 0.647. The molecule has 1 amide bonds. The summed E-state index contributed by atoms with van der Waals surface area (Å²) < 4.78 is 13.9. The van der Waals surface area contributed by atoms with Crippen LogP contribution in [-0.4, -0.2) is 22.9 Å². The van der Waals surface area contributed by atoms with Crippen LogP contribution in [0.15, 0.2) is 16.6 Å². The maximum Gasteiger partial charge on any atom is 0.273 e. The van der Waals surface area contributed by atoms with Gasteiger partial charge in [-0.2, -0.15) is 0 Å². The fraction of sp³-hybridized carbons (Fsp3) is 0.417. The third-order valence-corrected chi connectivity index (χ3v) is 2.80. The molecule has 0 heterocycles. The number of hydrogen-bond donors (Lipinski definition) is 2. The third-order valence-electron chi connectivity index (χ3n) is 2.18. The number of nitrogens with one attached hydrogen (secondary N) is 2. The molecule has 0 bridgehead atoms. The van der Waals surface area contributed by atoms with E-state index in [2.05, 4.69) is 26.6 Å². The van der Waals surface area contributed by atoms with E-state index < -0.39 is 10.7 Å². The van der Waals surface area contributed by atoms with Crippen LogP contribution in [0.25, 0.3) is 0 Å². The lowest BCUT2D eigenvalue weighted by Gasteiger charge is -2.21. The Morgan fingerprint density at radius 1 is 1.45 bits per heavy atom. The minimum Gasteiger partial charge on any atom is -0.373 e. The van der Waals surface area contributed by atoms with Gasteiger partial charge in [0.15, 0.2) is 5.82 Å². The molecule has 0 aliphatic carbocycles. The van der Waals surface area contributed by atoms with E-state index in [4.69, 9.17) is 0 Å². The zero-order valence-electron chi connectivity index (χ0n) is 11.3. The summed E-state index contributed by atoms with van der Waals surface area (Å²) in [7, 11) is 0. The number of halogens is 2. The van der Waals surface area contributed by atoms with Gasteiger partial charge in [0.05, 0.1) is 27.7 Å². The van der Waals surface area contributed by atoms with Gasteiger partial charge in [0.2, 0.25) is 5.91 Å². The highest BCUT2D eigenvalue weighted by molar-refractivity contribution is 9.10. The summed E-state index contributed by atoms with van der Waals surface area (Å²) in [4.78, 5) is 21.5. The van der Waals surface area contributed by atoms with Crippen LogP contribution < -0.4 is 10.6 Å². The number of nitro groups is 1. The van der Waals surface area contributed by atoms with E-state index in [1.54, 1.807) is 0 Å². The van der Waals surface area contributed by atoms with Crippen LogP contribution in [0.2, 0.25) is 0 Å². The summed E-state index contributed by atoms with van der Waals surface area (Å²) in [6.07, 6.45) is 0. The summed E-state index contributed by atoms with van der Waals surface area (Å²) in [6, 6.07) is 1.97. The molecule has 0 saturated heterocycles. The van der Waals surface area contributed by atoms with Crippen LogP contribution in [0.5, 0.6) is 0 Å². The summed E-state index contributed by atoms with van der Waals surface area (Å²) in [5, 5.41) is 15.9. The third kappa shape index (κ3) is 4.76. The molecule has 0 aliphatic heterocycles. The Kier molecular flexibility index (Phi) is 5.04. The Morgan fingerprint density at radius 2 is 2.05 bits per heavy atom. The molecule has 1 aromatic rings. The van der Waals surface area contributed by atoms with Gasteiger partial charge in [-0.1, -0.05) is 0 Å². The van der Waals surface area contributed by atoms with Crippen LogP contribution in [0.4, 0.5) is 15.8 Å². The van der Waals surface area contributed by atoms with E-state index in [0.717, 1.165) is 6.07 Å². The topological polar surface area (TPSA) is 84.3 Å². The van der Waals surface area contributed by atoms with Crippen molar-refractivity contribution in [2.24, 2.45) is 0 Å². The van der Waals surface area contributed by atoms with Crippen molar-refractivity contribution in [3.63, 3.8) is 0 Å². The fourth-order valence-corrected chi connectivity index (χ4v) is 2.03. The monoisotopic (exact) mass is 347 g/mol. The molecule has 110 valence electrons. The van der Waals surface area contributed by atoms with Crippen molar-refractivity contribution < 1.29 is 14.1 Å². The van der Waals surface area contributed by atoms with Gasteiger partial charge < -0.3 is 10.6 Å². The van der Waals surface area contributed by atoms with E-state index >= 15 is 0 Å². The average Bonchev–Trinajstić information content (AvgIpc) is 2.24. The summed E-state index contributed by atoms with van der Waals surface area (Å²) in [5.74, 6) is -1.10. The number of benzene rings is 1. The van der Waals surface area contributed by atoms with Gasteiger partial charge in [0.1, 0.15) is 0 Å². The van der Waals surface area contributed by atoms with Crippen LogP contribution >= 0.6 is 15.9 Å². The summed E-state index contributed by atoms with van der Waals surface area (Å²) in [6.45, 7) is 5.35. The zero-order valence-corrected chi connectivity index (χ0v) is 12.9. The van der Waals surface area contributed by atoms with E-state index in [9.17, 15) is 19.3 Å². The normalized spacial score (nSPS) is 11.1. The van der Waals surface area contributed by atoms with Gasteiger partial charge in [-0.3, -0.25) is 14.9 Å². The van der Waals surface area contributed by atoms with E-state index in [-0.39, 0.29) is 33.8 Å². The first kappa shape index (κ1) is 16.4. The molecule has 0 aromatic heterocycles. The van der Waals surface area contributed by atoms with Crippen molar-refractivity contribution in [3.8, 4) is 0 Å². The summed E-state index contributed by atoms with van der Waals surface area (Å²) in [5.41, 5.74) is -0.733. The molecule has 0 aliphatic rings. The SMILES string of the molecule is CC(C)(C)NC(=O)CNc1c(F)cc([N+](=O)[O-])cc1Br. The molecule has 2 N–H and O–H groups in total. The number of carbonyl (C=O) groups is 1. The molecule has 0 fully saturated rings. The van der Waals surface area contributed by atoms with Gasteiger partial charge >= 0.3 is 0 Å². The molecule has 20 heavy (non-hydrogen) atoms. The zero-order chi connectivity index (χ0) is 15.5. The van der Waals surface area contributed by atoms with E-state index in [0.29, 0.717) is 0 Å². The molecule has 1 aromatic carbocycles. The molecule has 0 spiro atoms. The number of hydrogen-bond acceptors (Lipinski definition) is 4.